The lowest BCUT2D eigenvalue weighted by Crippen LogP contribution is -2.34. The molecule has 0 bridgehead atoms. The van der Waals surface area contributed by atoms with Crippen LogP contribution in [0.25, 0.3) is 0 Å². The second-order valence-corrected chi connectivity index (χ2v) is 6.31. The van der Waals surface area contributed by atoms with Crippen LogP contribution in [-0.4, -0.2) is 24.0 Å². The minimum atomic E-state index is -0.0274. The number of thiocarbonyl (C=S) groups is 1. The van der Waals surface area contributed by atoms with Crippen LogP contribution in [0.5, 0.6) is 0 Å². The Bertz CT molecular complexity index is 566. The molecule has 1 saturated carbocycles. The standard InChI is InChI=1S/C17H23N3O2S/c1-18-15(21)10-13-6-8-14(9-7-13)19-17(23)20-16(22)11-12-4-2-3-5-12/h6-9,12H,2-5,10-11H2,1H3,(H,18,21)(H2,19,20,22,23). The van der Waals surface area contributed by atoms with Gasteiger partial charge in [0.2, 0.25) is 11.8 Å². The third-order valence-electron chi connectivity index (χ3n) is 4.06. The zero-order chi connectivity index (χ0) is 16.7. The molecule has 0 aliphatic heterocycles. The third kappa shape index (κ3) is 5.98. The highest BCUT2D eigenvalue weighted by molar-refractivity contribution is 7.80. The van der Waals surface area contributed by atoms with Crippen LogP contribution in [0.15, 0.2) is 24.3 Å². The Kier molecular flexibility index (Phi) is 6.52. The van der Waals surface area contributed by atoms with Gasteiger partial charge >= 0.3 is 0 Å². The van der Waals surface area contributed by atoms with Crippen molar-refractivity contribution >= 4 is 34.8 Å². The molecule has 1 aliphatic carbocycles. The van der Waals surface area contributed by atoms with Crippen molar-refractivity contribution in [2.75, 3.05) is 12.4 Å². The predicted octanol–water partition coefficient (Wildman–Crippen LogP) is 2.37. The lowest BCUT2D eigenvalue weighted by atomic mass is 10.0. The smallest absolute Gasteiger partial charge is 0.226 e. The average molecular weight is 333 g/mol. The molecule has 1 aromatic carbocycles. The van der Waals surface area contributed by atoms with Crippen LogP contribution in [-0.2, 0) is 16.0 Å². The Labute approximate surface area is 142 Å². The Balaban J connectivity index is 1.77. The summed E-state index contributed by atoms with van der Waals surface area (Å²) in [7, 11) is 1.62. The van der Waals surface area contributed by atoms with Crippen molar-refractivity contribution in [2.45, 2.75) is 38.5 Å². The maximum absolute atomic E-state index is 11.9. The topological polar surface area (TPSA) is 70.2 Å². The van der Waals surface area contributed by atoms with Gasteiger partial charge in [0.1, 0.15) is 0 Å². The number of rotatable bonds is 5. The molecule has 23 heavy (non-hydrogen) atoms. The number of carbonyl (C=O) groups excluding carboxylic acids is 2. The van der Waals surface area contributed by atoms with Crippen LogP contribution in [0, 0.1) is 5.92 Å². The average Bonchev–Trinajstić information content (AvgIpc) is 3.01. The number of likely N-dealkylation sites (N-methyl/N-ethyl adjacent to an activating group) is 1. The van der Waals surface area contributed by atoms with Crippen LogP contribution in [0.1, 0.15) is 37.7 Å². The van der Waals surface area contributed by atoms with Gasteiger partial charge in [0.25, 0.3) is 0 Å². The van der Waals surface area contributed by atoms with E-state index < -0.39 is 0 Å². The van der Waals surface area contributed by atoms with E-state index in [1.54, 1.807) is 7.05 Å². The molecule has 2 amide bonds. The van der Waals surface area contributed by atoms with Crippen LogP contribution >= 0.6 is 12.2 Å². The summed E-state index contributed by atoms with van der Waals surface area (Å²) in [6, 6.07) is 7.41. The number of hydrogen-bond acceptors (Lipinski definition) is 3. The molecule has 5 nitrogen and oxygen atoms in total. The van der Waals surface area contributed by atoms with Crippen molar-refractivity contribution in [3.05, 3.63) is 29.8 Å². The molecule has 124 valence electrons. The van der Waals surface area contributed by atoms with Crippen molar-refractivity contribution in [2.24, 2.45) is 5.92 Å². The fraction of sp³-hybridized carbons (Fsp3) is 0.471. The second kappa shape index (κ2) is 8.62. The molecule has 2 rings (SSSR count). The first-order chi connectivity index (χ1) is 11.1. The van der Waals surface area contributed by atoms with Gasteiger partial charge in [-0.15, -0.1) is 0 Å². The number of nitrogens with one attached hydrogen (secondary N) is 3. The summed E-state index contributed by atoms with van der Waals surface area (Å²) in [4.78, 5) is 23.2. The van der Waals surface area contributed by atoms with E-state index in [-0.39, 0.29) is 11.8 Å². The van der Waals surface area contributed by atoms with Crippen LogP contribution < -0.4 is 16.0 Å². The minimum absolute atomic E-state index is 0.0226. The first-order valence-corrected chi connectivity index (χ1v) is 8.38. The van der Waals surface area contributed by atoms with Crippen molar-refractivity contribution in [1.82, 2.24) is 10.6 Å². The third-order valence-corrected chi connectivity index (χ3v) is 4.26. The highest BCUT2D eigenvalue weighted by atomic mass is 32.1. The van der Waals surface area contributed by atoms with E-state index in [9.17, 15) is 9.59 Å². The molecular weight excluding hydrogens is 310 g/mol. The second-order valence-electron chi connectivity index (χ2n) is 5.90. The fourth-order valence-electron chi connectivity index (χ4n) is 2.80. The quantitative estimate of drug-likeness (QED) is 0.724. The van der Waals surface area contributed by atoms with Gasteiger partial charge in [-0.2, -0.15) is 0 Å². The van der Waals surface area contributed by atoms with Gasteiger partial charge < -0.3 is 16.0 Å². The number of carbonyl (C=O) groups is 2. The van der Waals surface area contributed by atoms with Gasteiger partial charge in [0, 0.05) is 19.2 Å². The van der Waals surface area contributed by atoms with E-state index >= 15 is 0 Å². The summed E-state index contributed by atoms with van der Waals surface area (Å²) < 4.78 is 0. The number of anilines is 1. The maximum atomic E-state index is 11.9. The van der Waals surface area contributed by atoms with Gasteiger partial charge in [-0.05, 0) is 48.7 Å². The normalized spacial score (nSPS) is 14.3. The monoisotopic (exact) mass is 333 g/mol. The lowest BCUT2D eigenvalue weighted by molar-refractivity contribution is -0.121. The predicted molar refractivity (Wildman–Crippen MR) is 95.2 cm³/mol. The molecule has 0 atom stereocenters. The zero-order valence-electron chi connectivity index (χ0n) is 13.4. The summed E-state index contributed by atoms with van der Waals surface area (Å²) in [5.41, 5.74) is 1.71. The Morgan fingerprint density at radius 2 is 1.78 bits per heavy atom. The number of benzene rings is 1. The summed E-state index contributed by atoms with van der Waals surface area (Å²) in [5, 5.41) is 8.62. The lowest BCUT2D eigenvalue weighted by Gasteiger charge is -2.12. The maximum Gasteiger partial charge on any atom is 0.226 e. The van der Waals surface area contributed by atoms with Gasteiger partial charge in [0.15, 0.2) is 5.11 Å². The van der Waals surface area contributed by atoms with Crippen molar-refractivity contribution in [3.63, 3.8) is 0 Å². The highest BCUT2D eigenvalue weighted by Crippen LogP contribution is 2.27. The molecule has 6 heteroatoms. The number of hydrogen-bond donors (Lipinski definition) is 3. The van der Waals surface area contributed by atoms with E-state index in [1.807, 2.05) is 24.3 Å². The van der Waals surface area contributed by atoms with Gasteiger partial charge in [-0.1, -0.05) is 25.0 Å². The highest BCUT2D eigenvalue weighted by Gasteiger charge is 2.18. The Hall–Kier alpha value is -1.95. The first-order valence-electron chi connectivity index (χ1n) is 7.97. The van der Waals surface area contributed by atoms with E-state index in [2.05, 4.69) is 16.0 Å². The molecule has 0 aromatic heterocycles. The fourth-order valence-corrected chi connectivity index (χ4v) is 3.03. The Morgan fingerprint density at radius 1 is 1.13 bits per heavy atom. The van der Waals surface area contributed by atoms with Crippen LogP contribution in [0.2, 0.25) is 0 Å². The van der Waals surface area contributed by atoms with Crippen molar-refractivity contribution < 1.29 is 9.59 Å². The summed E-state index contributed by atoms with van der Waals surface area (Å²) in [5.74, 6) is 0.452. The Morgan fingerprint density at radius 3 is 2.39 bits per heavy atom. The van der Waals surface area contributed by atoms with Crippen LogP contribution in [0.4, 0.5) is 5.69 Å². The van der Waals surface area contributed by atoms with E-state index in [4.69, 9.17) is 12.2 Å². The SMILES string of the molecule is CNC(=O)Cc1ccc(NC(=S)NC(=O)CC2CCCC2)cc1. The molecule has 0 heterocycles. The van der Waals surface area contributed by atoms with Crippen LogP contribution in [0.3, 0.4) is 0 Å². The summed E-state index contributed by atoms with van der Waals surface area (Å²) >= 11 is 5.17. The van der Waals surface area contributed by atoms with Gasteiger partial charge in [0.05, 0.1) is 6.42 Å². The molecule has 3 N–H and O–H groups in total. The van der Waals surface area contributed by atoms with Gasteiger partial charge in [-0.3, -0.25) is 9.59 Å². The van der Waals surface area contributed by atoms with E-state index in [0.717, 1.165) is 24.1 Å². The molecule has 0 radical (unpaired) electrons. The van der Waals surface area contributed by atoms with Crippen molar-refractivity contribution in [1.29, 1.82) is 0 Å². The molecule has 1 aliphatic rings. The summed E-state index contributed by atoms with van der Waals surface area (Å²) in [6.07, 6.45) is 5.62. The van der Waals surface area contributed by atoms with E-state index in [1.165, 1.54) is 12.8 Å². The molecular formula is C17H23N3O2S. The zero-order valence-corrected chi connectivity index (χ0v) is 14.2. The summed E-state index contributed by atoms with van der Waals surface area (Å²) in [6.45, 7) is 0. The largest absolute Gasteiger partial charge is 0.359 e. The van der Waals surface area contributed by atoms with Crippen molar-refractivity contribution in [3.8, 4) is 0 Å². The minimum Gasteiger partial charge on any atom is -0.359 e. The molecule has 1 aromatic rings. The van der Waals surface area contributed by atoms with E-state index in [0.29, 0.717) is 23.9 Å². The molecule has 0 unspecified atom stereocenters. The molecule has 0 saturated heterocycles. The molecule has 1 fully saturated rings. The number of amides is 2. The first kappa shape index (κ1) is 17.4. The van der Waals surface area contributed by atoms with Gasteiger partial charge in [-0.25, -0.2) is 0 Å². The molecule has 0 spiro atoms.